The summed E-state index contributed by atoms with van der Waals surface area (Å²) in [6, 6.07) is 12.6. The van der Waals surface area contributed by atoms with Crippen LogP contribution in [0.15, 0.2) is 48.5 Å². The highest BCUT2D eigenvalue weighted by molar-refractivity contribution is 6.05. The van der Waals surface area contributed by atoms with E-state index >= 15 is 0 Å². The highest BCUT2D eigenvalue weighted by atomic mass is 16.4. The predicted octanol–water partition coefficient (Wildman–Crippen LogP) is -0.614. The first-order valence-electron chi connectivity index (χ1n) is 6.88. The first-order valence-corrected chi connectivity index (χ1v) is 6.88. The van der Waals surface area contributed by atoms with Crippen LogP contribution in [0, 0.1) is 0 Å². The summed E-state index contributed by atoms with van der Waals surface area (Å²) in [6.45, 7) is 0.317. The molecule has 0 aromatic heterocycles. The van der Waals surface area contributed by atoms with E-state index in [4.69, 9.17) is 0 Å². The number of amides is 1. The van der Waals surface area contributed by atoms with Crippen molar-refractivity contribution in [1.82, 2.24) is 5.32 Å². The topological polar surface area (TPSA) is 109 Å². The molecule has 0 fully saturated rings. The highest BCUT2D eigenvalue weighted by Crippen LogP contribution is 2.12. The van der Waals surface area contributed by atoms with Crippen LogP contribution in [0.2, 0.25) is 0 Å². The molecule has 1 N–H and O–H groups in total. The molecular weight excluding hydrogens is 298 g/mol. The molecule has 0 aliphatic carbocycles. The largest absolute Gasteiger partial charge is 0.545 e. The standard InChI is InChI=1S/C17H15NO5/c19-15(18-9-8-11-4-2-1-3-5-11)13-7-6-12(16(20)21)10-14(13)17(22)23/h1-7,10H,8-9H2,(H,18,19)(H,20,21)(H,22,23)/p-2. The van der Waals surface area contributed by atoms with Gasteiger partial charge in [-0.2, -0.15) is 0 Å². The summed E-state index contributed by atoms with van der Waals surface area (Å²) >= 11 is 0. The molecule has 23 heavy (non-hydrogen) atoms. The summed E-state index contributed by atoms with van der Waals surface area (Å²) in [4.78, 5) is 33.9. The lowest BCUT2D eigenvalue weighted by molar-refractivity contribution is -0.255. The Labute approximate surface area is 132 Å². The second kappa shape index (κ2) is 7.22. The second-order valence-electron chi connectivity index (χ2n) is 4.83. The molecule has 0 heterocycles. The van der Waals surface area contributed by atoms with Gasteiger partial charge in [0.05, 0.1) is 11.9 Å². The van der Waals surface area contributed by atoms with E-state index in [0.29, 0.717) is 13.0 Å². The number of carboxylic acid groups (broad SMARTS) is 2. The molecule has 2 rings (SSSR count). The van der Waals surface area contributed by atoms with E-state index in [9.17, 15) is 24.6 Å². The van der Waals surface area contributed by atoms with Crippen LogP contribution in [0.25, 0.3) is 0 Å². The number of hydrogen-bond donors (Lipinski definition) is 1. The molecule has 0 radical (unpaired) electrons. The van der Waals surface area contributed by atoms with Gasteiger partial charge in [0.1, 0.15) is 0 Å². The number of nitrogens with one attached hydrogen (secondary N) is 1. The smallest absolute Gasteiger partial charge is 0.251 e. The maximum absolute atomic E-state index is 12.1. The van der Waals surface area contributed by atoms with E-state index in [2.05, 4.69) is 5.32 Å². The van der Waals surface area contributed by atoms with Gasteiger partial charge >= 0.3 is 0 Å². The van der Waals surface area contributed by atoms with Crippen molar-refractivity contribution in [3.63, 3.8) is 0 Å². The minimum Gasteiger partial charge on any atom is -0.545 e. The summed E-state index contributed by atoms with van der Waals surface area (Å²) in [7, 11) is 0. The number of rotatable bonds is 6. The quantitative estimate of drug-likeness (QED) is 0.765. The normalized spacial score (nSPS) is 10.1. The number of carbonyl (C=O) groups excluding carboxylic acids is 3. The maximum Gasteiger partial charge on any atom is 0.251 e. The third-order valence-corrected chi connectivity index (χ3v) is 3.26. The first-order chi connectivity index (χ1) is 11.0. The Balaban J connectivity index is 2.09. The lowest BCUT2D eigenvalue weighted by Crippen LogP contribution is -2.32. The fourth-order valence-electron chi connectivity index (χ4n) is 2.10. The molecule has 0 saturated carbocycles. The van der Waals surface area contributed by atoms with Crippen LogP contribution in [0.3, 0.4) is 0 Å². The molecule has 0 aliphatic rings. The summed E-state index contributed by atoms with van der Waals surface area (Å²) in [6.07, 6.45) is 0.588. The molecule has 2 aromatic rings. The van der Waals surface area contributed by atoms with E-state index in [1.165, 1.54) is 0 Å². The van der Waals surface area contributed by atoms with Crippen LogP contribution in [-0.2, 0) is 6.42 Å². The lowest BCUT2D eigenvalue weighted by Gasteiger charge is -2.13. The Kier molecular flexibility index (Phi) is 5.09. The van der Waals surface area contributed by atoms with Gasteiger partial charge in [-0.15, -0.1) is 0 Å². The zero-order valence-electron chi connectivity index (χ0n) is 12.1. The summed E-state index contributed by atoms with van der Waals surface area (Å²) < 4.78 is 0. The van der Waals surface area contributed by atoms with Gasteiger partial charge in [0.15, 0.2) is 0 Å². The third-order valence-electron chi connectivity index (χ3n) is 3.26. The Morgan fingerprint density at radius 1 is 0.870 bits per heavy atom. The van der Waals surface area contributed by atoms with Gasteiger partial charge in [0.2, 0.25) is 0 Å². The first kappa shape index (κ1) is 16.2. The van der Waals surface area contributed by atoms with Gasteiger partial charge in [-0.1, -0.05) is 36.4 Å². The maximum atomic E-state index is 12.1. The summed E-state index contributed by atoms with van der Waals surface area (Å²) in [5.41, 5.74) is 0.0669. The van der Waals surface area contributed by atoms with Gasteiger partial charge in [-0.25, -0.2) is 0 Å². The Morgan fingerprint density at radius 2 is 1.57 bits per heavy atom. The lowest BCUT2D eigenvalue weighted by atomic mass is 10.0. The van der Waals surface area contributed by atoms with E-state index < -0.39 is 23.4 Å². The number of aromatic carboxylic acids is 2. The fourth-order valence-corrected chi connectivity index (χ4v) is 2.10. The van der Waals surface area contributed by atoms with Crippen molar-refractivity contribution in [2.45, 2.75) is 6.42 Å². The van der Waals surface area contributed by atoms with Crippen molar-refractivity contribution < 1.29 is 24.6 Å². The van der Waals surface area contributed by atoms with Crippen molar-refractivity contribution in [3.05, 3.63) is 70.8 Å². The highest BCUT2D eigenvalue weighted by Gasteiger charge is 2.13. The van der Waals surface area contributed by atoms with Crippen LogP contribution in [0.5, 0.6) is 0 Å². The SMILES string of the molecule is O=C([O-])c1ccc(C(=O)NCCc2ccccc2)c(C(=O)[O-])c1. The molecule has 6 heteroatoms. The molecule has 6 nitrogen and oxygen atoms in total. The molecule has 0 unspecified atom stereocenters. The number of carboxylic acids is 2. The van der Waals surface area contributed by atoms with Crippen molar-refractivity contribution >= 4 is 17.8 Å². The molecule has 0 bridgehead atoms. The van der Waals surface area contributed by atoms with Crippen molar-refractivity contribution in [3.8, 4) is 0 Å². The average molecular weight is 311 g/mol. The Bertz CT molecular complexity index is 740. The molecule has 0 saturated heterocycles. The van der Waals surface area contributed by atoms with E-state index in [1.807, 2.05) is 30.3 Å². The monoisotopic (exact) mass is 311 g/mol. The fraction of sp³-hybridized carbons (Fsp3) is 0.118. The van der Waals surface area contributed by atoms with Gasteiger partial charge in [0.25, 0.3) is 5.91 Å². The Morgan fingerprint density at radius 3 is 2.17 bits per heavy atom. The number of carbonyl (C=O) groups is 3. The minimum atomic E-state index is -1.62. The average Bonchev–Trinajstić information content (AvgIpc) is 2.55. The van der Waals surface area contributed by atoms with E-state index in [1.54, 1.807) is 0 Å². The van der Waals surface area contributed by atoms with E-state index in [0.717, 1.165) is 23.8 Å². The van der Waals surface area contributed by atoms with Crippen LogP contribution >= 0.6 is 0 Å². The summed E-state index contributed by atoms with van der Waals surface area (Å²) in [5.74, 6) is -3.75. The molecular formula is C17H13NO5-2. The van der Waals surface area contributed by atoms with Gasteiger partial charge in [-0.05, 0) is 29.7 Å². The predicted molar refractivity (Wildman–Crippen MR) is 77.6 cm³/mol. The number of benzene rings is 2. The molecule has 0 spiro atoms. The molecule has 0 atom stereocenters. The minimum absolute atomic E-state index is 0.150. The third kappa shape index (κ3) is 4.16. The molecule has 2 aromatic carbocycles. The van der Waals surface area contributed by atoms with Crippen molar-refractivity contribution in [2.24, 2.45) is 0 Å². The zero-order valence-corrected chi connectivity index (χ0v) is 12.1. The zero-order chi connectivity index (χ0) is 16.8. The summed E-state index contributed by atoms with van der Waals surface area (Å²) in [5, 5.41) is 24.5. The number of hydrogen-bond acceptors (Lipinski definition) is 5. The van der Waals surface area contributed by atoms with Crippen LogP contribution in [0.1, 0.15) is 36.6 Å². The second-order valence-corrected chi connectivity index (χ2v) is 4.83. The van der Waals surface area contributed by atoms with Crippen LogP contribution in [-0.4, -0.2) is 24.4 Å². The van der Waals surface area contributed by atoms with Gasteiger partial charge in [0, 0.05) is 17.7 Å². The molecule has 118 valence electrons. The van der Waals surface area contributed by atoms with Gasteiger partial charge in [-0.3, -0.25) is 4.79 Å². The Hall–Kier alpha value is -3.15. The van der Waals surface area contributed by atoms with E-state index in [-0.39, 0.29) is 11.1 Å². The van der Waals surface area contributed by atoms with Crippen LogP contribution in [0.4, 0.5) is 0 Å². The molecule has 1 amide bonds. The van der Waals surface area contributed by atoms with Gasteiger partial charge < -0.3 is 25.1 Å². The van der Waals surface area contributed by atoms with Crippen molar-refractivity contribution in [2.75, 3.05) is 6.54 Å². The van der Waals surface area contributed by atoms with Crippen LogP contribution < -0.4 is 15.5 Å². The van der Waals surface area contributed by atoms with Crippen molar-refractivity contribution in [1.29, 1.82) is 0 Å². The molecule has 0 aliphatic heterocycles.